The number of benzene rings is 1. The zero-order valence-corrected chi connectivity index (χ0v) is 15.9. The van der Waals surface area contributed by atoms with Crippen LogP contribution >= 0.6 is 0 Å². The van der Waals surface area contributed by atoms with Gasteiger partial charge in [0.05, 0.1) is 23.0 Å². The topological polar surface area (TPSA) is 110 Å². The molecule has 1 aliphatic heterocycles. The molecule has 0 unspecified atom stereocenters. The van der Waals surface area contributed by atoms with Gasteiger partial charge in [-0.2, -0.15) is 0 Å². The fourth-order valence-electron chi connectivity index (χ4n) is 3.64. The Hall–Kier alpha value is -3.85. The lowest BCUT2D eigenvalue weighted by atomic mass is 10.2. The average molecular weight is 403 g/mol. The van der Waals surface area contributed by atoms with Crippen molar-refractivity contribution in [3.63, 3.8) is 0 Å². The summed E-state index contributed by atoms with van der Waals surface area (Å²) >= 11 is 0. The molecule has 150 valence electrons. The van der Waals surface area contributed by atoms with Gasteiger partial charge in [-0.25, -0.2) is 19.3 Å². The van der Waals surface area contributed by atoms with Crippen molar-refractivity contribution >= 4 is 17.2 Å². The highest BCUT2D eigenvalue weighted by atomic mass is 19.1. The molecule has 0 spiro atoms. The van der Waals surface area contributed by atoms with Gasteiger partial charge in [0.1, 0.15) is 11.6 Å². The fourth-order valence-corrected chi connectivity index (χ4v) is 3.64. The van der Waals surface area contributed by atoms with E-state index in [9.17, 15) is 9.18 Å². The second-order valence-electron chi connectivity index (χ2n) is 7.03. The first-order valence-electron chi connectivity index (χ1n) is 9.45. The molecule has 0 fully saturated rings. The van der Waals surface area contributed by atoms with Gasteiger partial charge in [0.2, 0.25) is 0 Å². The third-order valence-electron chi connectivity index (χ3n) is 5.07. The highest BCUT2D eigenvalue weighted by molar-refractivity contribution is 5.99. The van der Waals surface area contributed by atoms with Crippen LogP contribution in [0.15, 0.2) is 48.8 Å². The molecule has 3 aromatic heterocycles. The van der Waals surface area contributed by atoms with Crippen molar-refractivity contribution in [2.24, 2.45) is 5.73 Å². The van der Waals surface area contributed by atoms with Gasteiger partial charge in [0.15, 0.2) is 11.6 Å². The number of carbonyl (C=O) groups excluding carboxylic acids is 1. The highest BCUT2D eigenvalue weighted by Gasteiger charge is 2.22. The quantitative estimate of drug-likeness (QED) is 0.471. The van der Waals surface area contributed by atoms with E-state index in [0.717, 1.165) is 16.8 Å². The molecular formula is C21H18FN7O. The molecule has 0 bridgehead atoms. The first-order valence-corrected chi connectivity index (χ1v) is 9.45. The number of hydrogen-bond acceptors (Lipinski definition) is 6. The lowest BCUT2D eigenvalue weighted by Gasteiger charge is -2.12. The van der Waals surface area contributed by atoms with Crippen molar-refractivity contribution < 1.29 is 9.18 Å². The summed E-state index contributed by atoms with van der Waals surface area (Å²) in [6.07, 6.45) is 3.38. The number of nitrogens with two attached hydrogens (primary N) is 1. The average Bonchev–Trinajstić information content (AvgIpc) is 3.38. The number of amides is 1. The standard InChI is InChI=1S/C21H18FN7O/c22-13-4-1-3-12(7-13)8-25-19-15-9-24-10-16(15)27-20(28-19)21-26-11-17-14(18(23)30)5-2-6-29(17)21/h1-7,11,24H,8-10H2,(H2,23,30)(H,25,27,28). The molecule has 30 heavy (non-hydrogen) atoms. The minimum absolute atomic E-state index is 0.279. The number of primary amides is 1. The van der Waals surface area contributed by atoms with Crippen LogP contribution in [0.2, 0.25) is 0 Å². The van der Waals surface area contributed by atoms with Gasteiger partial charge in [-0.3, -0.25) is 9.20 Å². The minimum Gasteiger partial charge on any atom is -0.366 e. The lowest BCUT2D eigenvalue weighted by molar-refractivity contribution is 0.100. The third-order valence-corrected chi connectivity index (χ3v) is 5.07. The predicted octanol–water partition coefficient (Wildman–Crippen LogP) is 2.24. The van der Waals surface area contributed by atoms with Gasteiger partial charge in [-0.1, -0.05) is 12.1 Å². The number of rotatable bonds is 5. The Morgan fingerprint density at radius 3 is 2.97 bits per heavy atom. The molecular weight excluding hydrogens is 385 g/mol. The molecule has 1 amide bonds. The Morgan fingerprint density at radius 2 is 2.13 bits per heavy atom. The molecule has 4 aromatic rings. The van der Waals surface area contributed by atoms with Gasteiger partial charge in [-0.15, -0.1) is 0 Å². The first kappa shape index (κ1) is 18.2. The van der Waals surface area contributed by atoms with Crippen LogP contribution in [0.3, 0.4) is 0 Å². The van der Waals surface area contributed by atoms with Gasteiger partial charge in [0, 0.05) is 31.4 Å². The second-order valence-corrected chi connectivity index (χ2v) is 7.03. The minimum atomic E-state index is -0.524. The molecule has 8 nitrogen and oxygen atoms in total. The summed E-state index contributed by atoms with van der Waals surface area (Å²) in [5.41, 5.74) is 9.12. The number of carbonyl (C=O) groups is 1. The lowest BCUT2D eigenvalue weighted by Crippen LogP contribution is -2.12. The summed E-state index contributed by atoms with van der Waals surface area (Å²) in [6, 6.07) is 9.82. The van der Waals surface area contributed by atoms with E-state index in [1.54, 1.807) is 35.0 Å². The van der Waals surface area contributed by atoms with Crippen LogP contribution in [0.25, 0.3) is 17.2 Å². The van der Waals surface area contributed by atoms with Gasteiger partial charge in [-0.05, 0) is 29.8 Å². The van der Waals surface area contributed by atoms with Crippen LogP contribution in [-0.2, 0) is 19.6 Å². The van der Waals surface area contributed by atoms with E-state index in [-0.39, 0.29) is 5.82 Å². The number of nitrogens with zero attached hydrogens (tertiary/aromatic N) is 4. The Balaban J connectivity index is 1.56. The largest absolute Gasteiger partial charge is 0.366 e. The molecule has 4 heterocycles. The summed E-state index contributed by atoms with van der Waals surface area (Å²) in [6.45, 7) is 1.69. The summed E-state index contributed by atoms with van der Waals surface area (Å²) in [4.78, 5) is 25.5. The second kappa shape index (κ2) is 7.20. The number of imidazole rings is 1. The van der Waals surface area contributed by atoms with Crippen molar-refractivity contribution in [2.45, 2.75) is 19.6 Å². The highest BCUT2D eigenvalue weighted by Crippen LogP contribution is 2.26. The molecule has 0 radical (unpaired) electrons. The Kier molecular flexibility index (Phi) is 4.36. The maximum absolute atomic E-state index is 13.5. The maximum atomic E-state index is 13.5. The Morgan fingerprint density at radius 1 is 1.23 bits per heavy atom. The Bertz CT molecular complexity index is 1280. The van der Waals surface area contributed by atoms with E-state index in [2.05, 4.69) is 20.6 Å². The zero-order valence-electron chi connectivity index (χ0n) is 15.9. The van der Waals surface area contributed by atoms with Crippen molar-refractivity contribution in [3.05, 3.63) is 77.0 Å². The molecule has 0 saturated heterocycles. The SMILES string of the molecule is NC(=O)c1cccn2c(-c3nc4c(c(NCc5cccc(F)c5)n3)CNC4)ncc12. The van der Waals surface area contributed by atoms with E-state index in [1.165, 1.54) is 12.1 Å². The normalized spacial score (nSPS) is 12.8. The van der Waals surface area contributed by atoms with E-state index in [0.29, 0.717) is 48.2 Å². The molecule has 0 aliphatic carbocycles. The van der Waals surface area contributed by atoms with E-state index in [4.69, 9.17) is 10.7 Å². The van der Waals surface area contributed by atoms with Crippen molar-refractivity contribution in [3.8, 4) is 11.6 Å². The van der Waals surface area contributed by atoms with Gasteiger partial charge >= 0.3 is 0 Å². The van der Waals surface area contributed by atoms with Gasteiger partial charge in [0.25, 0.3) is 5.91 Å². The molecule has 1 aromatic carbocycles. The Labute approximate surface area is 171 Å². The van der Waals surface area contributed by atoms with Crippen molar-refractivity contribution in [2.75, 3.05) is 5.32 Å². The third kappa shape index (κ3) is 3.15. The van der Waals surface area contributed by atoms with Gasteiger partial charge < -0.3 is 16.4 Å². The number of halogens is 1. The van der Waals surface area contributed by atoms with Crippen molar-refractivity contribution in [1.29, 1.82) is 0 Å². The van der Waals surface area contributed by atoms with Crippen LogP contribution in [0.4, 0.5) is 10.2 Å². The summed E-state index contributed by atoms with van der Waals surface area (Å²) in [7, 11) is 0. The molecule has 4 N–H and O–H groups in total. The van der Waals surface area contributed by atoms with E-state index in [1.807, 2.05) is 6.07 Å². The maximum Gasteiger partial charge on any atom is 0.250 e. The molecule has 9 heteroatoms. The van der Waals surface area contributed by atoms with Crippen LogP contribution in [-0.4, -0.2) is 25.3 Å². The fraction of sp³-hybridized carbons (Fsp3) is 0.143. The van der Waals surface area contributed by atoms with Crippen LogP contribution in [0, 0.1) is 5.82 Å². The summed E-state index contributed by atoms with van der Waals surface area (Å²) in [5.74, 6) is 0.812. The molecule has 0 saturated carbocycles. The number of aromatic nitrogens is 4. The number of fused-ring (bicyclic) bond motifs is 2. The van der Waals surface area contributed by atoms with Crippen molar-refractivity contribution in [1.82, 2.24) is 24.7 Å². The van der Waals surface area contributed by atoms with E-state index < -0.39 is 5.91 Å². The smallest absolute Gasteiger partial charge is 0.250 e. The molecule has 1 aliphatic rings. The van der Waals surface area contributed by atoms with Crippen LogP contribution in [0.1, 0.15) is 27.2 Å². The monoisotopic (exact) mass is 403 g/mol. The predicted molar refractivity (Wildman–Crippen MR) is 109 cm³/mol. The van der Waals surface area contributed by atoms with Crippen LogP contribution < -0.4 is 16.4 Å². The zero-order chi connectivity index (χ0) is 20.7. The number of nitrogens with one attached hydrogen (secondary N) is 2. The van der Waals surface area contributed by atoms with E-state index >= 15 is 0 Å². The first-order chi connectivity index (χ1) is 14.6. The summed E-state index contributed by atoms with van der Waals surface area (Å²) in [5, 5.41) is 6.58. The van der Waals surface area contributed by atoms with Crippen LogP contribution in [0.5, 0.6) is 0 Å². The number of anilines is 1. The molecule has 0 atom stereocenters. The number of pyridine rings is 1. The summed E-state index contributed by atoms with van der Waals surface area (Å²) < 4.78 is 15.2. The number of hydrogen-bond donors (Lipinski definition) is 3. The molecule has 5 rings (SSSR count).